The first-order valence-corrected chi connectivity index (χ1v) is 5.72. The van der Waals surface area contributed by atoms with Gasteiger partial charge in [0.15, 0.2) is 5.89 Å². The molecular formula is C7H12N2O3S. The third kappa shape index (κ3) is 4.05. The Morgan fingerprint density at radius 3 is 2.77 bits per heavy atom. The van der Waals surface area contributed by atoms with Crippen LogP contribution in [0.5, 0.6) is 0 Å². The molecule has 1 N–H and O–H groups in total. The van der Waals surface area contributed by atoms with E-state index in [1.165, 1.54) is 6.26 Å². The fourth-order valence-corrected chi connectivity index (χ4v) is 1.36. The fourth-order valence-electron chi connectivity index (χ4n) is 0.888. The maximum absolute atomic E-state index is 10.7. The van der Waals surface area contributed by atoms with Crippen molar-refractivity contribution in [1.82, 2.24) is 9.71 Å². The predicted octanol–water partition coefficient (Wildman–Crippen LogP) is 0.0747. The molecule has 0 fully saturated rings. The van der Waals surface area contributed by atoms with Gasteiger partial charge in [0.05, 0.1) is 11.9 Å². The third-order valence-electron chi connectivity index (χ3n) is 1.41. The Balaban J connectivity index is 2.36. The standard InChI is InChI=1S/C7H12N2O3S/c1-6-9-7(5-12-6)3-4-8-13(2,10)11/h5,8H,3-4H2,1-2H3. The minimum atomic E-state index is -3.10. The van der Waals surface area contributed by atoms with Crippen LogP contribution in [0, 0.1) is 6.92 Å². The number of rotatable bonds is 4. The summed E-state index contributed by atoms with van der Waals surface area (Å²) in [6, 6.07) is 0. The van der Waals surface area contributed by atoms with Gasteiger partial charge in [-0.3, -0.25) is 0 Å². The number of hydrogen-bond donors (Lipinski definition) is 1. The van der Waals surface area contributed by atoms with Crippen LogP contribution in [0.4, 0.5) is 0 Å². The summed E-state index contributed by atoms with van der Waals surface area (Å²) in [5.41, 5.74) is 0.758. The molecule has 1 heterocycles. The Kier molecular flexibility index (Phi) is 3.05. The summed E-state index contributed by atoms with van der Waals surface area (Å²) in [4.78, 5) is 4.03. The zero-order valence-electron chi connectivity index (χ0n) is 7.57. The summed E-state index contributed by atoms with van der Waals surface area (Å²) in [7, 11) is -3.10. The first kappa shape index (κ1) is 10.2. The molecular weight excluding hydrogens is 192 g/mol. The highest BCUT2D eigenvalue weighted by atomic mass is 32.2. The largest absolute Gasteiger partial charge is 0.449 e. The smallest absolute Gasteiger partial charge is 0.208 e. The second-order valence-corrected chi connectivity index (χ2v) is 4.61. The van der Waals surface area contributed by atoms with Crippen molar-refractivity contribution in [2.24, 2.45) is 0 Å². The van der Waals surface area contributed by atoms with E-state index >= 15 is 0 Å². The summed E-state index contributed by atoms with van der Waals surface area (Å²) in [6.45, 7) is 2.10. The number of aryl methyl sites for hydroxylation is 1. The predicted molar refractivity (Wildman–Crippen MR) is 47.8 cm³/mol. The van der Waals surface area contributed by atoms with Crippen molar-refractivity contribution in [3.05, 3.63) is 17.8 Å². The van der Waals surface area contributed by atoms with Gasteiger partial charge in [0.1, 0.15) is 6.26 Å². The quantitative estimate of drug-likeness (QED) is 0.753. The Labute approximate surface area is 77.2 Å². The molecule has 0 amide bonds. The molecule has 74 valence electrons. The topological polar surface area (TPSA) is 72.2 Å². The molecule has 0 aliphatic heterocycles. The van der Waals surface area contributed by atoms with Crippen molar-refractivity contribution >= 4 is 10.0 Å². The lowest BCUT2D eigenvalue weighted by Gasteiger charge is -1.98. The van der Waals surface area contributed by atoms with Crippen LogP contribution in [-0.2, 0) is 16.4 Å². The summed E-state index contributed by atoms with van der Waals surface area (Å²) in [5.74, 6) is 0.592. The van der Waals surface area contributed by atoms with Crippen molar-refractivity contribution in [2.45, 2.75) is 13.3 Å². The molecule has 0 aliphatic carbocycles. The summed E-state index contributed by atoms with van der Waals surface area (Å²) < 4.78 is 28.7. The number of nitrogens with one attached hydrogen (secondary N) is 1. The van der Waals surface area contributed by atoms with Crippen molar-refractivity contribution in [2.75, 3.05) is 12.8 Å². The Morgan fingerprint density at radius 1 is 1.62 bits per heavy atom. The Hall–Kier alpha value is -0.880. The van der Waals surface area contributed by atoms with Crippen molar-refractivity contribution in [1.29, 1.82) is 0 Å². The molecule has 1 aromatic heterocycles. The molecule has 1 rings (SSSR count). The molecule has 0 bridgehead atoms. The van der Waals surface area contributed by atoms with E-state index in [4.69, 9.17) is 4.42 Å². The van der Waals surface area contributed by atoms with Crippen LogP contribution in [0.15, 0.2) is 10.7 Å². The van der Waals surface area contributed by atoms with Gasteiger partial charge in [0.2, 0.25) is 10.0 Å². The molecule has 0 radical (unpaired) electrons. The highest BCUT2D eigenvalue weighted by Gasteiger charge is 2.02. The fraction of sp³-hybridized carbons (Fsp3) is 0.571. The summed E-state index contributed by atoms with van der Waals surface area (Å²) in [5, 5.41) is 0. The van der Waals surface area contributed by atoms with E-state index in [1.807, 2.05) is 0 Å². The maximum atomic E-state index is 10.7. The number of nitrogens with zero attached hydrogens (tertiary/aromatic N) is 1. The Bertz CT molecular complexity index is 369. The van der Waals surface area contributed by atoms with Crippen LogP contribution in [0.1, 0.15) is 11.6 Å². The van der Waals surface area contributed by atoms with Gasteiger partial charge in [-0.25, -0.2) is 18.1 Å². The van der Waals surface area contributed by atoms with Crippen LogP contribution >= 0.6 is 0 Å². The first-order valence-electron chi connectivity index (χ1n) is 3.83. The zero-order chi connectivity index (χ0) is 9.90. The molecule has 6 heteroatoms. The van der Waals surface area contributed by atoms with Gasteiger partial charge in [-0.05, 0) is 0 Å². The molecule has 0 spiro atoms. The average molecular weight is 204 g/mol. The molecule has 1 aromatic rings. The van der Waals surface area contributed by atoms with E-state index in [2.05, 4.69) is 9.71 Å². The number of aromatic nitrogens is 1. The van der Waals surface area contributed by atoms with Gasteiger partial charge in [0, 0.05) is 19.9 Å². The maximum Gasteiger partial charge on any atom is 0.208 e. The lowest BCUT2D eigenvalue weighted by molar-refractivity contribution is 0.520. The van der Waals surface area contributed by atoms with Crippen LogP contribution in [0.3, 0.4) is 0 Å². The van der Waals surface area contributed by atoms with Crippen LogP contribution < -0.4 is 4.72 Å². The third-order valence-corrected chi connectivity index (χ3v) is 2.14. The monoisotopic (exact) mass is 204 g/mol. The second-order valence-electron chi connectivity index (χ2n) is 2.77. The Morgan fingerprint density at radius 2 is 2.31 bits per heavy atom. The average Bonchev–Trinajstić information content (AvgIpc) is 2.33. The van der Waals surface area contributed by atoms with Crippen LogP contribution in [0.2, 0.25) is 0 Å². The van der Waals surface area contributed by atoms with Crippen molar-refractivity contribution < 1.29 is 12.8 Å². The van der Waals surface area contributed by atoms with Crippen molar-refractivity contribution in [3.63, 3.8) is 0 Å². The minimum absolute atomic E-state index is 0.352. The normalized spacial score (nSPS) is 11.8. The lowest BCUT2D eigenvalue weighted by Crippen LogP contribution is -2.24. The highest BCUT2D eigenvalue weighted by molar-refractivity contribution is 7.88. The molecule has 0 saturated heterocycles. The molecule has 0 aromatic carbocycles. The van der Waals surface area contributed by atoms with E-state index in [-0.39, 0.29) is 0 Å². The lowest BCUT2D eigenvalue weighted by atomic mass is 10.3. The van der Waals surface area contributed by atoms with E-state index in [0.29, 0.717) is 18.9 Å². The number of oxazole rings is 1. The van der Waals surface area contributed by atoms with E-state index < -0.39 is 10.0 Å². The molecule has 0 unspecified atom stereocenters. The van der Waals surface area contributed by atoms with E-state index in [9.17, 15) is 8.42 Å². The summed E-state index contributed by atoms with van der Waals surface area (Å²) in [6.07, 6.45) is 3.20. The van der Waals surface area contributed by atoms with Gasteiger partial charge in [-0.1, -0.05) is 0 Å². The van der Waals surface area contributed by atoms with Gasteiger partial charge >= 0.3 is 0 Å². The number of sulfonamides is 1. The first-order chi connectivity index (χ1) is 5.97. The van der Waals surface area contributed by atoms with E-state index in [0.717, 1.165) is 11.9 Å². The highest BCUT2D eigenvalue weighted by Crippen LogP contribution is 2.00. The van der Waals surface area contributed by atoms with Gasteiger partial charge in [-0.15, -0.1) is 0 Å². The van der Waals surface area contributed by atoms with Crippen LogP contribution in [0.25, 0.3) is 0 Å². The number of hydrogen-bond acceptors (Lipinski definition) is 4. The molecule has 0 saturated carbocycles. The SMILES string of the molecule is Cc1nc(CCNS(C)(=O)=O)co1. The van der Waals surface area contributed by atoms with Gasteiger partial charge in [-0.2, -0.15) is 0 Å². The minimum Gasteiger partial charge on any atom is -0.449 e. The molecule has 13 heavy (non-hydrogen) atoms. The van der Waals surface area contributed by atoms with Crippen molar-refractivity contribution in [3.8, 4) is 0 Å². The summed E-state index contributed by atoms with van der Waals surface area (Å²) >= 11 is 0. The van der Waals surface area contributed by atoms with Gasteiger partial charge < -0.3 is 4.42 Å². The second kappa shape index (κ2) is 3.89. The molecule has 0 aliphatic rings. The van der Waals surface area contributed by atoms with Crippen LogP contribution in [-0.4, -0.2) is 26.2 Å². The zero-order valence-corrected chi connectivity index (χ0v) is 8.39. The van der Waals surface area contributed by atoms with Gasteiger partial charge in [0.25, 0.3) is 0 Å². The molecule has 5 nitrogen and oxygen atoms in total. The molecule has 0 atom stereocenters. The van der Waals surface area contributed by atoms with E-state index in [1.54, 1.807) is 6.92 Å².